The van der Waals surface area contributed by atoms with Gasteiger partial charge in [0.15, 0.2) is 0 Å². The third-order valence-corrected chi connectivity index (χ3v) is 4.61. The summed E-state index contributed by atoms with van der Waals surface area (Å²) in [6, 6.07) is 8.12. The molecule has 3 heteroatoms. The first-order valence-electron chi connectivity index (χ1n) is 6.57. The fourth-order valence-corrected chi connectivity index (χ4v) is 3.53. The molecule has 1 aliphatic rings. The molecule has 2 rings (SSSR count). The fourth-order valence-electron chi connectivity index (χ4n) is 2.33. The van der Waals surface area contributed by atoms with E-state index < -0.39 is 0 Å². The topological polar surface area (TPSA) is 35.8 Å². The van der Waals surface area contributed by atoms with Gasteiger partial charge in [-0.2, -0.15) is 17.0 Å². The number of hydrogen-bond donors (Lipinski definition) is 1. The monoisotopic (exact) mass is 260 g/mol. The van der Waals surface area contributed by atoms with Crippen LogP contribution in [-0.4, -0.2) is 18.1 Å². The molecule has 1 aliphatic heterocycles. The van der Waals surface area contributed by atoms with Crippen LogP contribution in [-0.2, 0) is 6.54 Å². The van der Waals surface area contributed by atoms with Crippen molar-refractivity contribution in [3.8, 4) is 6.07 Å². The average molecular weight is 260 g/mol. The molecule has 0 bridgehead atoms. The standard InChI is InChI=1S/C15H20N2S/c1-12-8-14(9-16)2-3-15(12)11-17-10-13-4-6-18-7-5-13/h2-3,8,13,17H,4-7,10-11H2,1H3. The number of aryl methyl sites for hydroxylation is 1. The zero-order chi connectivity index (χ0) is 12.8. The van der Waals surface area contributed by atoms with Gasteiger partial charge in [-0.1, -0.05) is 6.07 Å². The quantitative estimate of drug-likeness (QED) is 0.903. The molecule has 0 radical (unpaired) electrons. The lowest BCUT2D eigenvalue weighted by atomic mass is 10.0. The third-order valence-electron chi connectivity index (χ3n) is 3.56. The van der Waals surface area contributed by atoms with Gasteiger partial charge in [-0.3, -0.25) is 0 Å². The van der Waals surface area contributed by atoms with Crippen LogP contribution >= 0.6 is 11.8 Å². The summed E-state index contributed by atoms with van der Waals surface area (Å²) in [6.45, 7) is 4.12. The number of benzene rings is 1. The summed E-state index contributed by atoms with van der Waals surface area (Å²) in [4.78, 5) is 0. The maximum Gasteiger partial charge on any atom is 0.0991 e. The summed E-state index contributed by atoms with van der Waals surface area (Å²) in [5.74, 6) is 3.50. The highest BCUT2D eigenvalue weighted by Crippen LogP contribution is 2.22. The van der Waals surface area contributed by atoms with E-state index in [4.69, 9.17) is 5.26 Å². The summed E-state index contributed by atoms with van der Waals surface area (Å²) in [7, 11) is 0. The van der Waals surface area contributed by atoms with Crippen molar-refractivity contribution in [3.63, 3.8) is 0 Å². The second-order valence-electron chi connectivity index (χ2n) is 4.94. The molecule has 1 fully saturated rings. The largest absolute Gasteiger partial charge is 0.312 e. The van der Waals surface area contributed by atoms with Crippen molar-refractivity contribution in [1.29, 1.82) is 5.26 Å². The number of nitrogens with one attached hydrogen (secondary N) is 1. The minimum atomic E-state index is 0.751. The van der Waals surface area contributed by atoms with Gasteiger partial charge in [0.05, 0.1) is 11.6 Å². The van der Waals surface area contributed by atoms with Crippen LogP contribution in [0.4, 0.5) is 0 Å². The highest BCUT2D eigenvalue weighted by atomic mass is 32.2. The van der Waals surface area contributed by atoms with Crippen LogP contribution in [0.2, 0.25) is 0 Å². The molecule has 96 valence electrons. The van der Waals surface area contributed by atoms with Gasteiger partial charge in [-0.25, -0.2) is 0 Å². The van der Waals surface area contributed by atoms with Crippen LogP contribution in [0.25, 0.3) is 0 Å². The minimum Gasteiger partial charge on any atom is -0.312 e. The molecule has 0 aromatic heterocycles. The van der Waals surface area contributed by atoms with Gasteiger partial charge in [0.25, 0.3) is 0 Å². The predicted octanol–water partition coefficient (Wildman–Crippen LogP) is 3.10. The van der Waals surface area contributed by atoms with E-state index in [2.05, 4.69) is 36.1 Å². The summed E-state index contributed by atoms with van der Waals surface area (Å²) < 4.78 is 0. The maximum atomic E-state index is 8.83. The summed E-state index contributed by atoms with van der Waals surface area (Å²) in [6.07, 6.45) is 2.70. The predicted molar refractivity (Wildman–Crippen MR) is 77.6 cm³/mol. The van der Waals surface area contributed by atoms with E-state index in [1.54, 1.807) is 0 Å². The lowest BCUT2D eigenvalue weighted by Gasteiger charge is -2.21. The highest BCUT2D eigenvalue weighted by molar-refractivity contribution is 7.99. The molecule has 0 amide bonds. The van der Waals surface area contributed by atoms with Crippen LogP contribution in [0.15, 0.2) is 18.2 Å². The van der Waals surface area contributed by atoms with E-state index in [0.717, 1.165) is 24.6 Å². The second-order valence-corrected chi connectivity index (χ2v) is 6.16. The molecule has 0 aliphatic carbocycles. The molecule has 0 atom stereocenters. The molecular weight excluding hydrogens is 240 g/mol. The van der Waals surface area contributed by atoms with Crippen LogP contribution in [0, 0.1) is 24.2 Å². The number of rotatable bonds is 4. The Morgan fingerprint density at radius 2 is 2.17 bits per heavy atom. The maximum absolute atomic E-state index is 8.83. The molecule has 0 spiro atoms. The summed E-state index contributed by atoms with van der Waals surface area (Å²) in [5.41, 5.74) is 3.26. The first kappa shape index (κ1) is 13.5. The lowest BCUT2D eigenvalue weighted by molar-refractivity contribution is 0.447. The van der Waals surface area contributed by atoms with Gasteiger partial charge in [0.2, 0.25) is 0 Å². The number of hydrogen-bond acceptors (Lipinski definition) is 3. The van der Waals surface area contributed by atoms with Gasteiger partial charge in [-0.05, 0) is 67.0 Å². The molecule has 0 saturated carbocycles. The molecule has 0 unspecified atom stereocenters. The van der Waals surface area contributed by atoms with Crippen LogP contribution < -0.4 is 5.32 Å². The smallest absolute Gasteiger partial charge is 0.0991 e. The molecule has 2 nitrogen and oxygen atoms in total. The second kappa shape index (κ2) is 6.82. The summed E-state index contributed by atoms with van der Waals surface area (Å²) in [5, 5.41) is 12.4. The van der Waals surface area contributed by atoms with E-state index in [1.165, 1.54) is 35.5 Å². The lowest BCUT2D eigenvalue weighted by Crippen LogP contribution is -2.25. The number of nitrogens with zero attached hydrogens (tertiary/aromatic N) is 1. The van der Waals surface area contributed by atoms with Crippen molar-refractivity contribution < 1.29 is 0 Å². The molecule has 1 heterocycles. The highest BCUT2D eigenvalue weighted by Gasteiger charge is 2.12. The van der Waals surface area contributed by atoms with Gasteiger partial charge in [0, 0.05) is 6.54 Å². The van der Waals surface area contributed by atoms with Gasteiger partial charge in [0.1, 0.15) is 0 Å². The Morgan fingerprint density at radius 1 is 1.39 bits per heavy atom. The van der Waals surface area contributed by atoms with Gasteiger partial charge >= 0.3 is 0 Å². The van der Waals surface area contributed by atoms with Crippen molar-refractivity contribution in [1.82, 2.24) is 5.32 Å². The zero-order valence-electron chi connectivity index (χ0n) is 10.9. The molecular formula is C15H20N2S. The van der Waals surface area contributed by atoms with Crippen molar-refractivity contribution >= 4 is 11.8 Å². The molecule has 1 aromatic rings. The van der Waals surface area contributed by atoms with Gasteiger partial charge in [-0.15, -0.1) is 0 Å². The van der Waals surface area contributed by atoms with E-state index in [1.807, 2.05) is 12.1 Å². The third kappa shape index (κ3) is 3.76. The van der Waals surface area contributed by atoms with Crippen LogP contribution in [0.1, 0.15) is 29.5 Å². The van der Waals surface area contributed by atoms with Crippen molar-refractivity contribution in [2.45, 2.75) is 26.3 Å². The average Bonchev–Trinajstić information content (AvgIpc) is 2.42. The first-order valence-corrected chi connectivity index (χ1v) is 7.73. The van der Waals surface area contributed by atoms with E-state index >= 15 is 0 Å². The van der Waals surface area contributed by atoms with Crippen molar-refractivity contribution in [3.05, 3.63) is 34.9 Å². The Hall–Kier alpha value is -0.980. The molecule has 1 N–H and O–H groups in total. The molecule has 18 heavy (non-hydrogen) atoms. The number of thioether (sulfide) groups is 1. The Bertz CT molecular complexity index is 431. The molecule has 1 saturated heterocycles. The van der Waals surface area contributed by atoms with Crippen LogP contribution in [0.3, 0.4) is 0 Å². The Labute approximate surface area is 114 Å². The molecule has 1 aromatic carbocycles. The minimum absolute atomic E-state index is 0.751. The Balaban J connectivity index is 1.81. The SMILES string of the molecule is Cc1cc(C#N)ccc1CNCC1CCSCC1. The summed E-state index contributed by atoms with van der Waals surface area (Å²) >= 11 is 2.08. The number of nitriles is 1. The Morgan fingerprint density at radius 3 is 2.83 bits per heavy atom. The van der Waals surface area contributed by atoms with E-state index in [9.17, 15) is 0 Å². The zero-order valence-corrected chi connectivity index (χ0v) is 11.7. The fraction of sp³-hybridized carbons (Fsp3) is 0.533. The van der Waals surface area contributed by atoms with Crippen LogP contribution in [0.5, 0.6) is 0 Å². The normalized spacial score (nSPS) is 16.4. The van der Waals surface area contributed by atoms with Crippen molar-refractivity contribution in [2.75, 3.05) is 18.1 Å². The van der Waals surface area contributed by atoms with E-state index in [0.29, 0.717) is 0 Å². The van der Waals surface area contributed by atoms with E-state index in [-0.39, 0.29) is 0 Å². The first-order chi connectivity index (χ1) is 8.79. The Kier molecular flexibility index (Phi) is 5.10. The van der Waals surface area contributed by atoms with Crippen molar-refractivity contribution in [2.24, 2.45) is 5.92 Å². The van der Waals surface area contributed by atoms with Gasteiger partial charge < -0.3 is 5.32 Å².